The van der Waals surface area contributed by atoms with Crippen molar-refractivity contribution in [1.82, 2.24) is 0 Å². The van der Waals surface area contributed by atoms with Crippen LogP contribution in [0, 0.1) is 0 Å². The molecule has 0 fully saturated rings. The van der Waals surface area contributed by atoms with Crippen LogP contribution < -0.4 is 0 Å². The number of carboxylic acids is 1. The highest BCUT2D eigenvalue weighted by Gasteiger charge is 1.92. The summed E-state index contributed by atoms with van der Waals surface area (Å²) in [6.45, 7) is 1.18. The lowest BCUT2D eigenvalue weighted by molar-refractivity contribution is -0.134. The first-order valence-electron chi connectivity index (χ1n) is 3.61. The summed E-state index contributed by atoms with van der Waals surface area (Å²) in [6, 6.07) is 7.61. The number of aliphatic carboxylic acids is 1. The van der Waals surface area contributed by atoms with Gasteiger partial charge in [0.05, 0.1) is 6.61 Å². The standard InChI is InChI=1S/C7H7BrO.C2H4O2/c8-7-4-2-1-3-6(7)5-9;1-2(3)4/h1-4,9H,5H2;1H3,(H,3,4). The average molecular weight is 247 g/mol. The molecule has 0 spiro atoms. The fourth-order valence-corrected chi connectivity index (χ4v) is 1.04. The predicted octanol–water partition coefficient (Wildman–Crippen LogP) is 2.03. The Morgan fingerprint density at radius 1 is 1.46 bits per heavy atom. The van der Waals surface area contributed by atoms with Gasteiger partial charge in [-0.25, -0.2) is 0 Å². The van der Waals surface area contributed by atoms with Crippen molar-refractivity contribution in [2.24, 2.45) is 0 Å². The van der Waals surface area contributed by atoms with Gasteiger partial charge in [-0.15, -0.1) is 0 Å². The summed E-state index contributed by atoms with van der Waals surface area (Å²) >= 11 is 3.30. The highest BCUT2D eigenvalue weighted by molar-refractivity contribution is 9.10. The SMILES string of the molecule is CC(=O)O.OCc1ccccc1Br. The van der Waals surface area contributed by atoms with E-state index in [2.05, 4.69) is 15.9 Å². The van der Waals surface area contributed by atoms with E-state index in [9.17, 15) is 0 Å². The number of halogens is 1. The molecule has 1 rings (SSSR count). The Labute approximate surface area is 85.1 Å². The Balaban J connectivity index is 0.000000310. The summed E-state index contributed by atoms with van der Waals surface area (Å²) < 4.78 is 0.965. The molecule has 0 bridgehead atoms. The number of rotatable bonds is 1. The van der Waals surface area contributed by atoms with Crippen LogP contribution in [0.15, 0.2) is 28.7 Å². The van der Waals surface area contributed by atoms with Gasteiger partial charge in [0.2, 0.25) is 0 Å². The van der Waals surface area contributed by atoms with Crippen LogP contribution >= 0.6 is 15.9 Å². The van der Waals surface area contributed by atoms with E-state index in [1.165, 1.54) is 0 Å². The van der Waals surface area contributed by atoms with Crippen molar-refractivity contribution in [2.75, 3.05) is 0 Å². The number of hydrogen-bond donors (Lipinski definition) is 2. The van der Waals surface area contributed by atoms with Crippen molar-refractivity contribution in [3.8, 4) is 0 Å². The lowest BCUT2D eigenvalue weighted by atomic mass is 10.2. The molecule has 0 saturated carbocycles. The summed E-state index contributed by atoms with van der Waals surface area (Å²) in [5.74, 6) is -0.833. The molecule has 0 aliphatic carbocycles. The minimum Gasteiger partial charge on any atom is -0.481 e. The third kappa shape index (κ3) is 6.31. The van der Waals surface area contributed by atoms with E-state index in [1.807, 2.05) is 24.3 Å². The van der Waals surface area contributed by atoms with Gasteiger partial charge in [0.15, 0.2) is 0 Å². The molecule has 1 aromatic rings. The molecule has 3 nitrogen and oxygen atoms in total. The summed E-state index contributed by atoms with van der Waals surface area (Å²) in [5.41, 5.74) is 0.928. The second-order valence-corrected chi connectivity index (χ2v) is 3.12. The van der Waals surface area contributed by atoms with E-state index in [0.717, 1.165) is 17.0 Å². The molecule has 13 heavy (non-hydrogen) atoms. The molecule has 0 radical (unpaired) electrons. The second-order valence-electron chi connectivity index (χ2n) is 2.27. The molecule has 4 heteroatoms. The zero-order chi connectivity index (χ0) is 10.3. The number of hydrogen-bond acceptors (Lipinski definition) is 2. The predicted molar refractivity (Wildman–Crippen MR) is 53.4 cm³/mol. The fourth-order valence-electron chi connectivity index (χ4n) is 0.627. The monoisotopic (exact) mass is 246 g/mol. The smallest absolute Gasteiger partial charge is 0.300 e. The molecule has 0 aliphatic rings. The van der Waals surface area contributed by atoms with Crippen molar-refractivity contribution in [2.45, 2.75) is 13.5 Å². The largest absolute Gasteiger partial charge is 0.481 e. The van der Waals surface area contributed by atoms with Crippen molar-refractivity contribution >= 4 is 21.9 Å². The molecule has 0 unspecified atom stereocenters. The number of benzene rings is 1. The van der Waals surface area contributed by atoms with E-state index in [-0.39, 0.29) is 6.61 Å². The fraction of sp³-hybridized carbons (Fsp3) is 0.222. The Morgan fingerprint density at radius 2 is 1.92 bits per heavy atom. The van der Waals surface area contributed by atoms with Crippen LogP contribution in [-0.2, 0) is 11.4 Å². The van der Waals surface area contributed by atoms with Crippen LogP contribution in [0.2, 0.25) is 0 Å². The first kappa shape index (κ1) is 12.1. The van der Waals surface area contributed by atoms with Gasteiger partial charge in [0, 0.05) is 11.4 Å². The van der Waals surface area contributed by atoms with E-state index < -0.39 is 5.97 Å². The van der Waals surface area contributed by atoms with Gasteiger partial charge in [-0.3, -0.25) is 4.79 Å². The van der Waals surface area contributed by atoms with Crippen LogP contribution in [0.3, 0.4) is 0 Å². The average Bonchev–Trinajstić information content (AvgIpc) is 2.04. The van der Waals surface area contributed by atoms with Crippen molar-refractivity contribution in [1.29, 1.82) is 0 Å². The van der Waals surface area contributed by atoms with Crippen LogP contribution in [-0.4, -0.2) is 16.2 Å². The first-order chi connectivity index (χ1) is 6.07. The Bertz CT molecular complexity index is 269. The van der Waals surface area contributed by atoms with E-state index >= 15 is 0 Å². The highest BCUT2D eigenvalue weighted by atomic mass is 79.9. The maximum absolute atomic E-state index is 9.00. The summed E-state index contributed by atoms with van der Waals surface area (Å²) in [5, 5.41) is 16.1. The molecule has 0 aliphatic heterocycles. The minimum absolute atomic E-state index is 0.0986. The van der Waals surface area contributed by atoms with E-state index in [0.29, 0.717) is 0 Å². The molecule has 72 valence electrons. The van der Waals surface area contributed by atoms with Crippen LogP contribution in [0.25, 0.3) is 0 Å². The van der Waals surface area contributed by atoms with Gasteiger partial charge in [0.25, 0.3) is 5.97 Å². The zero-order valence-corrected chi connectivity index (χ0v) is 8.78. The maximum Gasteiger partial charge on any atom is 0.300 e. The molecule has 0 heterocycles. The highest BCUT2D eigenvalue weighted by Crippen LogP contribution is 2.14. The molecule has 2 N–H and O–H groups in total. The minimum atomic E-state index is -0.833. The quantitative estimate of drug-likeness (QED) is 0.798. The van der Waals surface area contributed by atoms with Gasteiger partial charge in [-0.2, -0.15) is 0 Å². The third-order valence-corrected chi connectivity index (χ3v) is 1.90. The van der Waals surface area contributed by atoms with Gasteiger partial charge >= 0.3 is 0 Å². The molecule has 0 aromatic heterocycles. The van der Waals surface area contributed by atoms with Gasteiger partial charge in [-0.05, 0) is 11.6 Å². The summed E-state index contributed by atoms with van der Waals surface area (Å²) in [6.07, 6.45) is 0. The topological polar surface area (TPSA) is 57.5 Å². The maximum atomic E-state index is 9.00. The van der Waals surface area contributed by atoms with Gasteiger partial charge < -0.3 is 10.2 Å². The number of aliphatic hydroxyl groups is 1. The van der Waals surface area contributed by atoms with Crippen molar-refractivity contribution in [3.05, 3.63) is 34.3 Å². The number of carboxylic acid groups (broad SMARTS) is 1. The lowest BCUT2D eigenvalue weighted by Crippen LogP contribution is -1.81. The summed E-state index contributed by atoms with van der Waals surface area (Å²) in [4.78, 5) is 9.00. The molecule has 1 aromatic carbocycles. The summed E-state index contributed by atoms with van der Waals surface area (Å²) in [7, 11) is 0. The molecular weight excluding hydrogens is 236 g/mol. The van der Waals surface area contributed by atoms with Crippen LogP contribution in [0.5, 0.6) is 0 Å². The van der Waals surface area contributed by atoms with Crippen molar-refractivity contribution in [3.63, 3.8) is 0 Å². The first-order valence-corrected chi connectivity index (χ1v) is 4.41. The van der Waals surface area contributed by atoms with Crippen LogP contribution in [0.1, 0.15) is 12.5 Å². The molecular formula is C9H11BrO3. The third-order valence-electron chi connectivity index (χ3n) is 1.13. The van der Waals surface area contributed by atoms with Gasteiger partial charge in [0.1, 0.15) is 0 Å². The van der Waals surface area contributed by atoms with E-state index in [1.54, 1.807) is 0 Å². The Morgan fingerprint density at radius 3 is 2.23 bits per heavy atom. The normalized spacial score (nSPS) is 8.54. The molecule has 0 atom stereocenters. The van der Waals surface area contributed by atoms with E-state index in [4.69, 9.17) is 15.0 Å². The lowest BCUT2D eigenvalue weighted by Gasteiger charge is -1.96. The zero-order valence-electron chi connectivity index (χ0n) is 7.20. The Kier molecular flexibility index (Phi) is 6.18. The second kappa shape index (κ2) is 6.62. The molecule has 0 amide bonds. The van der Waals surface area contributed by atoms with Crippen molar-refractivity contribution < 1.29 is 15.0 Å². The molecule has 0 saturated heterocycles. The van der Waals surface area contributed by atoms with Crippen LogP contribution in [0.4, 0.5) is 0 Å². The number of aliphatic hydroxyl groups excluding tert-OH is 1. The number of carbonyl (C=O) groups is 1. The Hall–Kier alpha value is -0.870. The van der Waals surface area contributed by atoms with Gasteiger partial charge in [-0.1, -0.05) is 34.1 Å².